The lowest BCUT2D eigenvalue weighted by molar-refractivity contribution is -0.124. The Hall–Kier alpha value is -3.14. The molecule has 33 heavy (non-hydrogen) atoms. The number of sulfone groups is 1. The van der Waals surface area contributed by atoms with E-state index in [0.717, 1.165) is 24.1 Å². The van der Waals surface area contributed by atoms with E-state index < -0.39 is 9.84 Å². The predicted molar refractivity (Wildman–Crippen MR) is 124 cm³/mol. The van der Waals surface area contributed by atoms with Gasteiger partial charge in [-0.05, 0) is 43.0 Å². The first-order valence-corrected chi connectivity index (χ1v) is 12.8. The number of hydrazine groups is 1. The summed E-state index contributed by atoms with van der Waals surface area (Å²) >= 11 is 0. The molecule has 0 radical (unpaired) electrons. The number of carbonyl (C=O) groups excluding carboxylic acids is 2. The van der Waals surface area contributed by atoms with E-state index in [9.17, 15) is 18.0 Å². The standard InChI is InChI=1S/C23H30N4O5S/c1-16(2)22(28)25-26-23(29)27-12-10-17(11-13-27)15-32-19-6-9-21(24-14-19)18-4-7-20(8-5-18)33(3,30)31/h4-9,14,16-17H,10-13,15H2,1-3H3,(H,25,28)(H,26,29). The van der Waals surface area contributed by atoms with Crippen LogP contribution in [-0.2, 0) is 14.6 Å². The van der Waals surface area contributed by atoms with Crippen molar-refractivity contribution in [2.45, 2.75) is 31.6 Å². The third kappa shape index (κ3) is 6.92. The number of amides is 3. The lowest BCUT2D eigenvalue weighted by Gasteiger charge is -2.31. The number of urea groups is 1. The maximum atomic E-state index is 12.2. The highest BCUT2D eigenvalue weighted by Gasteiger charge is 2.23. The number of piperidine rings is 1. The first-order valence-electron chi connectivity index (χ1n) is 10.9. The minimum atomic E-state index is -3.23. The smallest absolute Gasteiger partial charge is 0.336 e. The highest BCUT2D eigenvalue weighted by molar-refractivity contribution is 7.90. The Bertz CT molecular complexity index is 1060. The molecule has 0 atom stereocenters. The third-order valence-electron chi connectivity index (χ3n) is 5.52. The molecule has 178 valence electrons. The molecule has 2 N–H and O–H groups in total. The fourth-order valence-electron chi connectivity index (χ4n) is 3.36. The molecule has 2 aromatic rings. The number of benzene rings is 1. The van der Waals surface area contributed by atoms with Crippen molar-refractivity contribution in [3.8, 4) is 17.0 Å². The molecule has 1 aliphatic rings. The van der Waals surface area contributed by atoms with Crippen molar-refractivity contribution in [3.63, 3.8) is 0 Å². The van der Waals surface area contributed by atoms with Gasteiger partial charge in [0.2, 0.25) is 5.91 Å². The fourth-order valence-corrected chi connectivity index (χ4v) is 4.00. The van der Waals surface area contributed by atoms with Crippen LogP contribution in [-0.4, -0.2) is 56.2 Å². The Morgan fingerprint density at radius 2 is 1.76 bits per heavy atom. The quantitative estimate of drug-likeness (QED) is 0.622. The zero-order valence-corrected chi connectivity index (χ0v) is 19.9. The Balaban J connectivity index is 1.44. The molecular formula is C23H30N4O5S. The minimum absolute atomic E-state index is 0.197. The highest BCUT2D eigenvalue weighted by atomic mass is 32.2. The van der Waals surface area contributed by atoms with E-state index >= 15 is 0 Å². The molecule has 1 aromatic carbocycles. The molecule has 2 heterocycles. The average Bonchev–Trinajstić information content (AvgIpc) is 2.81. The van der Waals surface area contributed by atoms with Gasteiger partial charge in [0.25, 0.3) is 0 Å². The Labute approximate surface area is 194 Å². The number of aromatic nitrogens is 1. The second-order valence-electron chi connectivity index (χ2n) is 8.49. The molecule has 1 saturated heterocycles. The van der Waals surface area contributed by atoms with Gasteiger partial charge in [-0.2, -0.15) is 0 Å². The van der Waals surface area contributed by atoms with E-state index in [4.69, 9.17) is 4.74 Å². The molecular weight excluding hydrogens is 444 g/mol. The molecule has 9 nitrogen and oxygen atoms in total. The molecule has 0 unspecified atom stereocenters. The van der Waals surface area contributed by atoms with E-state index in [2.05, 4.69) is 15.8 Å². The summed E-state index contributed by atoms with van der Waals surface area (Å²) in [6.45, 7) is 5.24. The molecule has 1 aromatic heterocycles. The number of nitrogens with one attached hydrogen (secondary N) is 2. The topological polar surface area (TPSA) is 118 Å². The van der Waals surface area contributed by atoms with Crippen molar-refractivity contribution in [1.82, 2.24) is 20.7 Å². The van der Waals surface area contributed by atoms with Gasteiger partial charge in [-0.25, -0.2) is 18.6 Å². The van der Waals surface area contributed by atoms with Crippen LogP contribution in [0.25, 0.3) is 11.3 Å². The van der Waals surface area contributed by atoms with Crippen LogP contribution in [0.4, 0.5) is 4.79 Å². The van der Waals surface area contributed by atoms with Gasteiger partial charge < -0.3 is 9.64 Å². The van der Waals surface area contributed by atoms with Crippen molar-refractivity contribution in [3.05, 3.63) is 42.6 Å². The zero-order valence-electron chi connectivity index (χ0n) is 19.1. The van der Waals surface area contributed by atoms with Crippen LogP contribution >= 0.6 is 0 Å². The number of pyridine rings is 1. The van der Waals surface area contributed by atoms with Gasteiger partial charge in [-0.1, -0.05) is 26.0 Å². The summed E-state index contributed by atoms with van der Waals surface area (Å²) in [4.78, 5) is 30.1. The number of ether oxygens (including phenoxy) is 1. The van der Waals surface area contributed by atoms with Crippen LogP contribution in [0.3, 0.4) is 0 Å². The summed E-state index contributed by atoms with van der Waals surface area (Å²) in [5.41, 5.74) is 6.43. The van der Waals surface area contributed by atoms with Crippen molar-refractivity contribution < 1.29 is 22.7 Å². The Kier molecular flexibility index (Phi) is 7.91. The van der Waals surface area contributed by atoms with Gasteiger partial charge in [0.1, 0.15) is 5.75 Å². The third-order valence-corrected chi connectivity index (χ3v) is 6.65. The number of hydrogen-bond acceptors (Lipinski definition) is 6. The van der Waals surface area contributed by atoms with Crippen LogP contribution < -0.4 is 15.6 Å². The summed E-state index contributed by atoms with van der Waals surface area (Å²) in [6, 6.07) is 9.99. The molecule has 1 fully saturated rings. The number of likely N-dealkylation sites (tertiary alicyclic amines) is 1. The SMILES string of the molecule is CC(C)C(=O)NNC(=O)N1CCC(COc2ccc(-c3ccc(S(C)(=O)=O)cc3)nc2)CC1. The Morgan fingerprint density at radius 3 is 2.30 bits per heavy atom. The van der Waals surface area contributed by atoms with E-state index in [1.165, 1.54) is 6.26 Å². The molecule has 0 saturated carbocycles. The van der Waals surface area contributed by atoms with Crippen molar-refractivity contribution in [2.24, 2.45) is 11.8 Å². The first-order chi connectivity index (χ1) is 15.6. The van der Waals surface area contributed by atoms with Crippen molar-refractivity contribution in [2.75, 3.05) is 26.0 Å². The van der Waals surface area contributed by atoms with Gasteiger partial charge in [0, 0.05) is 30.8 Å². The average molecular weight is 475 g/mol. The largest absolute Gasteiger partial charge is 0.492 e. The summed E-state index contributed by atoms with van der Waals surface area (Å²) in [6.07, 6.45) is 4.45. The first kappa shape index (κ1) is 24.5. The molecule has 3 rings (SSSR count). The van der Waals surface area contributed by atoms with E-state index in [-0.39, 0.29) is 22.8 Å². The molecule has 1 aliphatic heterocycles. The highest BCUT2D eigenvalue weighted by Crippen LogP contribution is 2.23. The van der Waals surface area contributed by atoms with Crippen LogP contribution in [0.15, 0.2) is 47.5 Å². The van der Waals surface area contributed by atoms with Crippen molar-refractivity contribution in [1.29, 1.82) is 0 Å². The van der Waals surface area contributed by atoms with Gasteiger partial charge in [0.05, 0.1) is 23.4 Å². The van der Waals surface area contributed by atoms with Crippen LogP contribution in [0.2, 0.25) is 0 Å². The van der Waals surface area contributed by atoms with Crippen LogP contribution in [0.1, 0.15) is 26.7 Å². The fraction of sp³-hybridized carbons (Fsp3) is 0.435. The summed E-state index contributed by atoms with van der Waals surface area (Å²) < 4.78 is 29.1. The molecule has 0 aliphatic carbocycles. The lowest BCUT2D eigenvalue weighted by Crippen LogP contribution is -2.52. The van der Waals surface area contributed by atoms with Gasteiger partial charge in [-0.15, -0.1) is 0 Å². The normalized spacial score (nSPS) is 14.7. The second kappa shape index (κ2) is 10.7. The van der Waals surface area contributed by atoms with E-state index in [1.807, 2.05) is 12.1 Å². The second-order valence-corrected chi connectivity index (χ2v) is 10.5. The van der Waals surface area contributed by atoms with Crippen LogP contribution in [0.5, 0.6) is 5.75 Å². The van der Waals surface area contributed by atoms with Gasteiger partial charge in [0.15, 0.2) is 9.84 Å². The van der Waals surface area contributed by atoms with Gasteiger partial charge in [-0.3, -0.25) is 15.2 Å². The van der Waals surface area contributed by atoms with Crippen LogP contribution in [0, 0.1) is 11.8 Å². The molecule has 0 spiro atoms. The Morgan fingerprint density at radius 1 is 1.09 bits per heavy atom. The van der Waals surface area contributed by atoms with E-state index in [0.29, 0.717) is 31.4 Å². The maximum absolute atomic E-state index is 12.2. The van der Waals surface area contributed by atoms with E-state index in [1.54, 1.807) is 49.2 Å². The lowest BCUT2D eigenvalue weighted by atomic mass is 9.98. The monoisotopic (exact) mass is 474 g/mol. The summed E-state index contributed by atoms with van der Waals surface area (Å²) in [5, 5.41) is 0. The number of hydrogen-bond donors (Lipinski definition) is 2. The van der Waals surface area contributed by atoms with Gasteiger partial charge >= 0.3 is 6.03 Å². The summed E-state index contributed by atoms with van der Waals surface area (Å²) in [5.74, 6) is 0.556. The minimum Gasteiger partial charge on any atom is -0.492 e. The number of rotatable bonds is 6. The summed E-state index contributed by atoms with van der Waals surface area (Å²) in [7, 11) is -3.23. The predicted octanol–water partition coefficient (Wildman–Crippen LogP) is 2.64. The van der Waals surface area contributed by atoms with Crippen molar-refractivity contribution >= 4 is 21.8 Å². The molecule has 10 heteroatoms. The maximum Gasteiger partial charge on any atom is 0.336 e. The molecule has 3 amide bonds. The number of nitrogens with zero attached hydrogens (tertiary/aromatic N) is 2. The molecule has 0 bridgehead atoms. The zero-order chi connectivity index (χ0) is 24.0. The number of carbonyl (C=O) groups is 2.